The van der Waals surface area contributed by atoms with Gasteiger partial charge in [-0.15, -0.1) is 11.3 Å². The monoisotopic (exact) mass is 271 g/mol. The van der Waals surface area contributed by atoms with Crippen molar-refractivity contribution >= 4 is 49.0 Å². The molecule has 0 bridgehead atoms. The lowest BCUT2D eigenvalue weighted by atomic mass is 10.2. The quantitative estimate of drug-likeness (QED) is 0.784. The summed E-state index contributed by atoms with van der Waals surface area (Å²) in [7, 11) is 0. The van der Waals surface area contributed by atoms with Crippen molar-refractivity contribution in [3.05, 3.63) is 27.5 Å². The molecule has 0 atom stereocenters. The molecule has 1 aromatic carbocycles. The number of aromatic carboxylic acids is 1. The Hall–Kier alpha value is -1.07. The number of hydrogen-bond donors (Lipinski definition) is 2. The Bertz CT molecular complexity index is 521. The lowest BCUT2D eigenvalue weighted by molar-refractivity contribution is 0.0702. The van der Waals surface area contributed by atoms with Gasteiger partial charge in [0.2, 0.25) is 0 Å². The van der Waals surface area contributed by atoms with E-state index in [1.807, 2.05) is 12.1 Å². The number of thiophene rings is 1. The zero-order chi connectivity index (χ0) is 10.3. The molecule has 0 amide bonds. The van der Waals surface area contributed by atoms with E-state index in [4.69, 9.17) is 10.8 Å². The van der Waals surface area contributed by atoms with E-state index in [9.17, 15) is 4.79 Å². The summed E-state index contributed by atoms with van der Waals surface area (Å²) in [5, 5.41) is 9.60. The second-order valence-electron chi connectivity index (χ2n) is 2.79. The summed E-state index contributed by atoms with van der Waals surface area (Å²) in [6.45, 7) is 0. The minimum Gasteiger partial charge on any atom is -0.477 e. The number of carboxylic acids is 1. The van der Waals surface area contributed by atoms with Crippen LogP contribution < -0.4 is 5.73 Å². The number of anilines is 1. The van der Waals surface area contributed by atoms with Crippen LogP contribution in [0.3, 0.4) is 0 Å². The maximum atomic E-state index is 10.7. The van der Waals surface area contributed by atoms with Crippen molar-refractivity contribution in [1.82, 2.24) is 0 Å². The molecule has 0 aliphatic heterocycles. The van der Waals surface area contributed by atoms with Crippen LogP contribution in [0.5, 0.6) is 0 Å². The molecule has 2 rings (SSSR count). The first-order valence-corrected chi connectivity index (χ1v) is 5.41. The molecule has 0 fully saturated rings. The van der Waals surface area contributed by atoms with E-state index in [0.717, 1.165) is 14.6 Å². The van der Waals surface area contributed by atoms with Crippen molar-refractivity contribution in [2.45, 2.75) is 0 Å². The molecular weight excluding hydrogens is 266 g/mol. The van der Waals surface area contributed by atoms with Crippen LogP contribution >= 0.6 is 27.3 Å². The Labute approximate surface area is 92.3 Å². The predicted molar refractivity (Wildman–Crippen MR) is 60.9 cm³/mol. The number of nitrogens with two attached hydrogens (primary N) is 1. The number of nitrogen functional groups attached to an aromatic ring is 1. The fourth-order valence-electron chi connectivity index (χ4n) is 1.21. The van der Waals surface area contributed by atoms with Crippen LogP contribution in [0.4, 0.5) is 5.69 Å². The molecule has 0 radical (unpaired) electrons. The molecule has 5 heteroatoms. The lowest BCUT2D eigenvalue weighted by Gasteiger charge is -1.97. The summed E-state index contributed by atoms with van der Waals surface area (Å²) in [6.07, 6.45) is 0. The molecule has 2 aromatic rings. The Balaban J connectivity index is 2.77. The number of hydrogen-bond acceptors (Lipinski definition) is 3. The minimum absolute atomic E-state index is 0.310. The van der Waals surface area contributed by atoms with E-state index >= 15 is 0 Å². The van der Waals surface area contributed by atoms with Crippen molar-refractivity contribution in [2.75, 3.05) is 5.73 Å². The van der Waals surface area contributed by atoms with Crippen molar-refractivity contribution in [3.8, 4) is 0 Å². The largest absolute Gasteiger partial charge is 0.477 e. The van der Waals surface area contributed by atoms with Gasteiger partial charge in [0.25, 0.3) is 0 Å². The van der Waals surface area contributed by atoms with Crippen LogP contribution in [0, 0.1) is 0 Å². The third-order valence-corrected chi connectivity index (χ3v) is 3.68. The van der Waals surface area contributed by atoms with Crippen molar-refractivity contribution in [2.24, 2.45) is 0 Å². The third kappa shape index (κ3) is 1.38. The maximum absolute atomic E-state index is 10.7. The molecule has 14 heavy (non-hydrogen) atoms. The maximum Gasteiger partial charge on any atom is 0.345 e. The van der Waals surface area contributed by atoms with E-state index < -0.39 is 5.97 Å². The highest BCUT2D eigenvalue weighted by atomic mass is 79.9. The Morgan fingerprint density at radius 1 is 1.50 bits per heavy atom. The van der Waals surface area contributed by atoms with Crippen LogP contribution in [-0.2, 0) is 0 Å². The van der Waals surface area contributed by atoms with Gasteiger partial charge in [-0.2, -0.15) is 0 Å². The van der Waals surface area contributed by atoms with E-state index in [-0.39, 0.29) is 0 Å². The van der Waals surface area contributed by atoms with Gasteiger partial charge in [-0.1, -0.05) is 0 Å². The topological polar surface area (TPSA) is 63.3 Å². The van der Waals surface area contributed by atoms with Crippen LogP contribution in [0.15, 0.2) is 22.7 Å². The van der Waals surface area contributed by atoms with Crippen LogP contribution in [0.1, 0.15) is 9.67 Å². The predicted octanol–water partition coefficient (Wildman–Crippen LogP) is 2.94. The van der Waals surface area contributed by atoms with Gasteiger partial charge in [-0.05, 0) is 34.1 Å². The van der Waals surface area contributed by atoms with Gasteiger partial charge in [0, 0.05) is 14.6 Å². The fourth-order valence-corrected chi connectivity index (χ4v) is 2.47. The molecule has 1 aromatic heterocycles. The highest BCUT2D eigenvalue weighted by molar-refractivity contribution is 9.10. The summed E-state index contributed by atoms with van der Waals surface area (Å²) in [5.74, 6) is -0.915. The van der Waals surface area contributed by atoms with E-state index in [0.29, 0.717) is 10.6 Å². The summed E-state index contributed by atoms with van der Waals surface area (Å²) in [5.41, 5.74) is 6.39. The smallest absolute Gasteiger partial charge is 0.345 e. The summed E-state index contributed by atoms with van der Waals surface area (Å²) < 4.78 is 1.68. The Morgan fingerprint density at radius 2 is 2.21 bits per heavy atom. The Kier molecular flexibility index (Phi) is 2.20. The molecule has 0 aliphatic rings. The lowest BCUT2D eigenvalue weighted by Crippen LogP contribution is -1.90. The second-order valence-corrected chi connectivity index (χ2v) is 4.73. The number of carboxylic acid groups (broad SMARTS) is 1. The third-order valence-electron chi connectivity index (χ3n) is 1.90. The number of fused-ring (bicyclic) bond motifs is 1. The van der Waals surface area contributed by atoms with Gasteiger partial charge in [0.15, 0.2) is 0 Å². The first-order valence-electron chi connectivity index (χ1n) is 3.80. The SMILES string of the molecule is Nc1c(Br)ccc2sc(C(=O)O)cc12. The number of rotatable bonds is 1. The molecule has 0 saturated carbocycles. The highest BCUT2D eigenvalue weighted by Gasteiger charge is 2.11. The van der Waals surface area contributed by atoms with Crippen molar-refractivity contribution < 1.29 is 9.90 Å². The molecule has 0 unspecified atom stereocenters. The molecular formula is C9H6BrNO2S. The molecule has 0 aliphatic carbocycles. The molecule has 3 N–H and O–H groups in total. The Morgan fingerprint density at radius 3 is 2.86 bits per heavy atom. The number of benzene rings is 1. The summed E-state index contributed by atoms with van der Waals surface area (Å²) in [4.78, 5) is 11.0. The molecule has 3 nitrogen and oxygen atoms in total. The van der Waals surface area contributed by atoms with Gasteiger partial charge in [0.1, 0.15) is 4.88 Å². The minimum atomic E-state index is -0.915. The molecule has 0 saturated heterocycles. The second kappa shape index (κ2) is 3.25. The molecule has 72 valence electrons. The van der Waals surface area contributed by atoms with Gasteiger partial charge in [-0.25, -0.2) is 4.79 Å². The molecule has 1 heterocycles. The van der Waals surface area contributed by atoms with Gasteiger partial charge in [-0.3, -0.25) is 0 Å². The number of halogens is 1. The van der Waals surface area contributed by atoms with E-state index in [2.05, 4.69) is 15.9 Å². The first-order chi connectivity index (χ1) is 6.59. The number of carbonyl (C=O) groups is 1. The zero-order valence-electron chi connectivity index (χ0n) is 6.95. The van der Waals surface area contributed by atoms with Crippen molar-refractivity contribution in [3.63, 3.8) is 0 Å². The normalized spacial score (nSPS) is 10.6. The van der Waals surface area contributed by atoms with Gasteiger partial charge < -0.3 is 10.8 Å². The summed E-state index contributed by atoms with van der Waals surface area (Å²) >= 11 is 4.52. The zero-order valence-corrected chi connectivity index (χ0v) is 9.35. The van der Waals surface area contributed by atoms with Crippen LogP contribution in [0.2, 0.25) is 0 Å². The van der Waals surface area contributed by atoms with Crippen molar-refractivity contribution in [1.29, 1.82) is 0 Å². The van der Waals surface area contributed by atoms with E-state index in [1.54, 1.807) is 6.07 Å². The molecule has 0 spiro atoms. The van der Waals surface area contributed by atoms with Crippen LogP contribution in [0.25, 0.3) is 10.1 Å². The average molecular weight is 272 g/mol. The summed E-state index contributed by atoms with van der Waals surface area (Å²) in [6, 6.07) is 5.27. The fraction of sp³-hybridized carbons (Fsp3) is 0. The highest BCUT2D eigenvalue weighted by Crippen LogP contribution is 2.34. The first kappa shape index (κ1) is 9.48. The van der Waals surface area contributed by atoms with E-state index in [1.165, 1.54) is 11.3 Å². The standard InChI is InChI=1S/C9H6BrNO2S/c10-5-1-2-6-4(8(5)11)3-7(14-6)9(12)13/h1-3H,11H2,(H,12,13). The average Bonchev–Trinajstić information content (AvgIpc) is 2.56. The van der Waals surface area contributed by atoms with Gasteiger partial charge >= 0.3 is 5.97 Å². The van der Waals surface area contributed by atoms with Crippen LogP contribution in [-0.4, -0.2) is 11.1 Å². The van der Waals surface area contributed by atoms with Gasteiger partial charge in [0.05, 0.1) is 5.69 Å².